The van der Waals surface area contributed by atoms with Crippen molar-refractivity contribution in [1.82, 2.24) is 4.90 Å². The first-order chi connectivity index (χ1) is 13.1. The van der Waals surface area contributed by atoms with Crippen LogP contribution < -0.4 is 14.2 Å². The van der Waals surface area contributed by atoms with Crippen LogP contribution >= 0.6 is 0 Å². The van der Waals surface area contributed by atoms with E-state index in [1.165, 1.54) is 7.11 Å². The first-order valence-corrected chi connectivity index (χ1v) is 10.6. The topological polar surface area (TPSA) is 84.9 Å². The fraction of sp³-hybridized carbons (Fsp3) is 0.350. The number of nitrogens with zero attached hydrogens (tertiary/aromatic N) is 1. The van der Waals surface area contributed by atoms with Crippen molar-refractivity contribution in [3.05, 3.63) is 53.6 Å². The van der Waals surface area contributed by atoms with Crippen molar-refractivity contribution in [1.29, 1.82) is 0 Å². The molecule has 0 aliphatic heterocycles. The predicted octanol–water partition coefficient (Wildman–Crippen LogP) is 3.78. The van der Waals surface area contributed by atoms with E-state index in [9.17, 15) is 13.2 Å². The van der Waals surface area contributed by atoms with Crippen molar-refractivity contribution < 1.29 is 22.1 Å². The molecule has 0 aliphatic carbocycles. The molecule has 0 aromatic heterocycles. The third-order valence-corrected chi connectivity index (χ3v) is 4.46. The molecular formula is C20H26N2O5S. The van der Waals surface area contributed by atoms with Gasteiger partial charge in [0.05, 0.1) is 13.4 Å². The second-order valence-corrected chi connectivity index (χ2v) is 8.37. The van der Waals surface area contributed by atoms with E-state index in [2.05, 4.69) is 5.32 Å². The average Bonchev–Trinajstić information content (AvgIpc) is 2.58. The molecule has 2 rings (SSSR count). The molecule has 1 N–H and O–H groups in total. The summed E-state index contributed by atoms with van der Waals surface area (Å²) in [5.74, 6) is 0.389. The Morgan fingerprint density at radius 2 is 1.86 bits per heavy atom. The smallest absolute Gasteiger partial charge is 0.322 e. The van der Waals surface area contributed by atoms with Gasteiger partial charge in [0.15, 0.2) is 11.5 Å². The molecule has 0 saturated heterocycles. The number of benzene rings is 2. The molecule has 0 bridgehead atoms. The number of rotatable bonds is 7. The van der Waals surface area contributed by atoms with Gasteiger partial charge in [-0.05, 0) is 56.2 Å². The normalized spacial score (nSPS) is 11.2. The van der Waals surface area contributed by atoms with E-state index in [1.807, 2.05) is 45.0 Å². The average molecular weight is 407 g/mol. The highest BCUT2D eigenvalue weighted by atomic mass is 32.2. The molecule has 2 amide bonds. The zero-order chi connectivity index (χ0) is 20.9. The lowest BCUT2D eigenvalue weighted by Crippen LogP contribution is -2.39. The molecule has 0 spiro atoms. The van der Waals surface area contributed by atoms with Gasteiger partial charge in [0, 0.05) is 18.3 Å². The number of aryl methyl sites for hydroxylation is 1. The standard InChI is InChI=1S/C20H26N2O5S/c1-14(2)22(20(23)21-17-8-6-7-15(3)11-17)13-16-9-10-18(26-4)19(12-16)27-28(5,24)25/h6-12,14H,13H2,1-5H3,(H,21,23). The van der Waals surface area contributed by atoms with Crippen molar-refractivity contribution in [3.63, 3.8) is 0 Å². The van der Waals surface area contributed by atoms with Gasteiger partial charge in [-0.3, -0.25) is 0 Å². The van der Waals surface area contributed by atoms with Crippen LogP contribution in [-0.4, -0.2) is 38.8 Å². The number of nitrogens with one attached hydrogen (secondary N) is 1. The molecule has 0 fully saturated rings. The Morgan fingerprint density at radius 1 is 1.14 bits per heavy atom. The zero-order valence-corrected chi connectivity index (χ0v) is 17.5. The van der Waals surface area contributed by atoms with Gasteiger partial charge in [-0.15, -0.1) is 0 Å². The van der Waals surface area contributed by atoms with E-state index in [1.54, 1.807) is 23.1 Å². The summed E-state index contributed by atoms with van der Waals surface area (Å²) in [4.78, 5) is 14.4. The summed E-state index contributed by atoms with van der Waals surface area (Å²) >= 11 is 0. The summed E-state index contributed by atoms with van der Waals surface area (Å²) in [6.07, 6.45) is 0.967. The van der Waals surface area contributed by atoms with Crippen LogP contribution in [-0.2, 0) is 16.7 Å². The van der Waals surface area contributed by atoms with E-state index in [0.29, 0.717) is 17.0 Å². The quantitative estimate of drug-likeness (QED) is 0.707. The van der Waals surface area contributed by atoms with Crippen molar-refractivity contribution in [2.24, 2.45) is 0 Å². The van der Waals surface area contributed by atoms with Crippen molar-refractivity contribution in [2.75, 3.05) is 18.7 Å². The fourth-order valence-electron chi connectivity index (χ4n) is 2.65. The van der Waals surface area contributed by atoms with Crippen molar-refractivity contribution in [2.45, 2.75) is 33.4 Å². The van der Waals surface area contributed by atoms with E-state index in [4.69, 9.17) is 8.92 Å². The maximum absolute atomic E-state index is 12.8. The maximum Gasteiger partial charge on any atom is 0.322 e. The monoisotopic (exact) mass is 406 g/mol. The summed E-state index contributed by atoms with van der Waals surface area (Å²) < 4.78 is 33.2. The van der Waals surface area contributed by atoms with Crippen LogP contribution in [0.5, 0.6) is 11.5 Å². The minimum atomic E-state index is -3.71. The van der Waals surface area contributed by atoms with Gasteiger partial charge in [0.25, 0.3) is 0 Å². The summed E-state index contributed by atoms with van der Waals surface area (Å²) in [5.41, 5.74) is 2.48. The highest BCUT2D eigenvalue weighted by Crippen LogP contribution is 2.30. The van der Waals surface area contributed by atoms with Gasteiger partial charge in [-0.2, -0.15) is 8.42 Å². The molecule has 2 aromatic rings. The highest BCUT2D eigenvalue weighted by Gasteiger charge is 2.19. The van der Waals surface area contributed by atoms with Crippen molar-refractivity contribution in [3.8, 4) is 11.5 Å². The van der Waals surface area contributed by atoms with Crippen LogP contribution in [0, 0.1) is 6.92 Å². The lowest BCUT2D eigenvalue weighted by Gasteiger charge is -2.27. The van der Waals surface area contributed by atoms with Crippen LogP contribution in [0.3, 0.4) is 0 Å². The Hall–Kier alpha value is -2.74. The van der Waals surface area contributed by atoms with Gasteiger partial charge < -0.3 is 19.1 Å². The number of carbonyl (C=O) groups is 1. The Kier molecular flexibility index (Phi) is 6.90. The molecule has 0 aliphatic rings. The molecule has 2 aromatic carbocycles. The Bertz CT molecular complexity index is 941. The molecule has 0 atom stereocenters. The van der Waals surface area contributed by atoms with Gasteiger partial charge in [-0.25, -0.2) is 4.79 Å². The van der Waals surface area contributed by atoms with Crippen molar-refractivity contribution >= 4 is 21.8 Å². The lowest BCUT2D eigenvalue weighted by atomic mass is 10.1. The van der Waals surface area contributed by atoms with Gasteiger partial charge >= 0.3 is 16.1 Å². The number of ether oxygens (including phenoxy) is 1. The predicted molar refractivity (Wildman–Crippen MR) is 109 cm³/mol. The lowest BCUT2D eigenvalue weighted by molar-refractivity contribution is 0.193. The molecule has 0 radical (unpaired) electrons. The van der Waals surface area contributed by atoms with E-state index >= 15 is 0 Å². The Balaban J connectivity index is 2.23. The van der Waals surface area contributed by atoms with E-state index in [-0.39, 0.29) is 24.4 Å². The van der Waals surface area contributed by atoms with Crippen LogP contribution in [0.15, 0.2) is 42.5 Å². The number of anilines is 1. The van der Waals surface area contributed by atoms with Gasteiger partial charge in [0.2, 0.25) is 0 Å². The number of hydrogen-bond acceptors (Lipinski definition) is 5. The van der Waals surface area contributed by atoms with Gasteiger partial charge in [-0.1, -0.05) is 18.2 Å². The van der Waals surface area contributed by atoms with Crippen LogP contribution in [0.1, 0.15) is 25.0 Å². The molecule has 0 heterocycles. The zero-order valence-electron chi connectivity index (χ0n) is 16.7. The molecule has 7 nitrogen and oxygen atoms in total. The summed E-state index contributed by atoms with van der Waals surface area (Å²) in [6, 6.07) is 12.2. The van der Waals surface area contributed by atoms with Crippen LogP contribution in [0.2, 0.25) is 0 Å². The highest BCUT2D eigenvalue weighted by molar-refractivity contribution is 7.86. The number of methoxy groups -OCH3 is 1. The van der Waals surface area contributed by atoms with Crippen LogP contribution in [0.4, 0.5) is 10.5 Å². The number of hydrogen-bond donors (Lipinski definition) is 1. The second-order valence-electron chi connectivity index (χ2n) is 6.79. The molecule has 0 unspecified atom stereocenters. The van der Waals surface area contributed by atoms with Gasteiger partial charge in [0.1, 0.15) is 0 Å². The van der Waals surface area contributed by atoms with E-state index in [0.717, 1.165) is 11.8 Å². The molecule has 8 heteroatoms. The fourth-order valence-corrected chi connectivity index (χ4v) is 3.11. The summed E-state index contributed by atoms with van der Waals surface area (Å²) in [5, 5.41) is 2.90. The number of amides is 2. The Labute approximate surface area is 166 Å². The largest absolute Gasteiger partial charge is 0.493 e. The maximum atomic E-state index is 12.8. The molecule has 152 valence electrons. The first kappa shape index (κ1) is 21.6. The second kappa shape index (κ2) is 8.97. The first-order valence-electron chi connectivity index (χ1n) is 8.79. The molecule has 28 heavy (non-hydrogen) atoms. The SMILES string of the molecule is COc1ccc(CN(C(=O)Nc2cccc(C)c2)C(C)C)cc1OS(C)(=O)=O. The summed E-state index contributed by atoms with van der Waals surface area (Å²) in [6.45, 7) is 6.05. The Morgan fingerprint density at radius 3 is 2.43 bits per heavy atom. The van der Waals surface area contributed by atoms with E-state index < -0.39 is 10.1 Å². The summed E-state index contributed by atoms with van der Waals surface area (Å²) in [7, 11) is -2.27. The third kappa shape index (κ3) is 6.16. The number of carbonyl (C=O) groups excluding carboxylic acids is 1. The minimum absolute atomic E-state index is 0.0776. The minimum Gasteiger partial charge on any atom is -0.493 e. The molecular weight excluding hydrogens is 380 g/mol. The third-order valence-electron chi connectivity index (χ3n) is 3.98. The van der Waals surface area contributed by atoms with Crippen LogP contribution in [0.25, 0.3) is 0 Å². The molecule has 0 saturated carbocycles. The number of urea groups is 1.